The summed E-state index contributed by atoms with van der Waals surface area (Å²) in [5.41, 5.74) is 2.50. The summed E-state index contributed by atoms with van der Waals surface area (Å²) in [4.78, 5) is 13.3. The summed E-state index contributed by atoms with van der Waals surface area (Å²) in [5.74, 6) is 5.18. The summed E-state index contributed by atoms with van der Waals surface area (Å²) < 4.78 is 4.78. The van der Waals surface area contributed by atoms with E-state index in [0.717, 1.165) is 0 Å². The molecule has 1 rings (SSSR count). The van der Waals surface area contributed by atoms with Crippen LogP contribution in [-0.2, 0) is 4.74 Å². The lowest BCUT2D eigenvalue weighted by Gasteiger charge is -2.19. The number of anilines is 1. The molecule has 0 fully saturated rings. The number of likely N-dealkylation sites (N-methyl/N-ethyl adjacent to an activating group) is 1. The van der Waals surface area contributed by atoms with Crippen LogP contribution in [0.2, 0.25) is 0 Å². The third-order valence-corrected chi connectivity index (χ3v) is 2.22. The van der Waals surface area contributed by atoms with Gasteiger partial charge in [-0.3, -0.25) is 4.79 Å². The van der Waals surface area contributed by atoms with Crippen LogP contribution < -0.4 is 11.3 Å². The van der Waals surface area contributed by atoms with E-state index < -0.39 is 6.10 Å². The van der Waals surface area contributed by atoms with Crippen molar-refractivity contribution in [2.45, 2.75) is 6.10 Å². The quantitative estimate of drug-likeness (QED) is 0.434. The molecule has 1 aromatic rings. The Morgan fingerprint density at radius 3 is 2.83 bits per heavy atom. The van der Waals surface area contributed by atoms with Gasteiger partial charge in [-0.05, 0) is 12.1 Å². The van der Waals surface area contributed by atoms with Gasteiger partial charge in [-0.15, -0.1) is 10.2 Å². The molecular formula is C10H17N5O3. The second-order valence-electron chi connectivity index (χ2n) is 3.74. The number of aromatic nitrogens is 2. The van der Waals surface area contributed by atoms with Gasteiger partial charge in [0.05, 0.1) is 12.7 Å². The maximum atomic E-state index is 11.9. The zero-order valence-electron chi connectivity index (χ0n) is 10.3. The van der Waals surface area contributed by atoms with E-state index in [4.69, 9.17) is 10.6 Å². The highest BCUT2D eigenvalue weighted by Crippen LogP contribution is 2.03. The molecule has 0 aliphatic rings. The molecule has 1 atom stereocenters. The average molecular weight is 255 g/mol. The second kappa shape index (κ2) is 6.84. The zero-order valence-corrected chi connectivity index (χ0v) is 10.3. The Morgan fingerprint density at radius 1 is 1.61 bits per heavy atom. The number of methoxy groups -OCH3 is 1. The highest BCUT2D eigenvalue weighted by Gasteiger charge is 2.16. The number of rotatable bonds is 6. The Balaban J connectivity index is 2.62. The van der Waals surface area contributed by atoms with E-state index in [9.17, 15) is 9.90 Å². The number of carbonyl (C=O) groups is 1. The fraction of sp³-hybridized carbons (Fsp3) is 0.500. The van der Waals surface area contributed by atoms with Gasteiger partial charge in [0.25, 0.3) is 5.91 Å². The number of nitrogens with two attached hydrogens (primary N) is 1. The Bertz CT molecular complexity index is 384. The first kappa shape index (κ1) is 14.3. The number of amides is 1. The van der Waals surface area contributed by atoms with Gasteiger partial charge >= 0.3 is 0 Å². The third-order valence-electron chi connectivity index (χ3n) is 2.22. The first-order valence-electron chi connectivity index (χ1n) is 5.31. The third kappa shape index (κ3) is 3.91. The fourth-order valence-electron chi connectivity index (χ4n) is 1.36. The van der Waals surface area contributed by atoms with Gasteiger partial charge in [0.15, 0.2) is 11.5 Å². The van der Waals surface area contributed by atoms with Gasteiger partial charge in [-0.25, -0.2) is 5.84 Å². The van der Waals surface area contributed by atoms with Crippen LogP contribution in [0.5, 0.6) is 0 Å². The molecular weight excluding hydrogens is 238 g/mol. The standard InChI is InChI=1S/C10H17N5O3/c1-15(5-7(16)6-18-2)10(17)8-3-4-9(12-11)14-13-8/h3-4,7,16H,5-6,11H2,1-2H3,(H,12,14). The van der Waals surface area contributed by atoms with Crippen LogP contribution in [0, 0.1) is 0 Å². The van der Waals surface area contributed by atoms with E-state index in [0.29, 0.717) is 5.82 Å². The summed E-state index contributed by atoms with van der Waals surface area (Å²) in [6.45, 7) is 0.324. The van der Waals surface area contributed by atoms with E-state index >= 15 is 0 Å². The molecule has 100 valence electrons. The highest BCUT2D eigenvalue weighted by molar-refractivity contribution is 5.92. The number of nitrogens with zero attached hydrogens (tertiary/aromatic N) is 3. The molecule has 4 N–H and O–H groups in total. The topological polar surface area (TPSA) is 114 Å². The number of nitrogens with one attached hydrogen (secondary N) is 1. The molecule has 0 saturated heterocycles. The van der Waals surface area contributed by atoms with Crippen LogP contribution in [-0.4, -0.2) is 59.5 Å². The SMILES string of the molecule is COCC(O)CN(C)C(=O)c1ccc(NN)nn1. The molecule has 0 aliphatic heterocycles. The molecule has 8 nitrogen and oxygen atoms in total. The van der Waals surface area contributed by atoms with Crippen molar-refractivity contribution in [3.63, 3.8) is 0 Å². The van der Waals surface area contributed by atoms with Crippen LogP contribution in [0.4, 0.5) is 5.82 Å². The van der Waals surface area contributed by atoms with E-state index in [-0.39, 0.29) is 24.8 Å². The lowest BCUT2D eigenvalue weighted by Crippen LogP contribution is -2.36. The van der Waals surface area contributed by atoms with Gasteiger partial charge in [-0.1, -0.05) is 0 Å². The van der Waals surface area contributed by atoms with Crippen molar-refractivity contribution in [2.75, 3.05) is 32.7 Å². The minimum atomic E-state index is -0.734. The van der Waals surface area contributed by atoms with Gasteiger partial charge in [-0.2, -0.15) is 0 Å². The van der Waals surface area contributed by atoms with Crippen LogP contribution >= 0.6 is 0 Å². The maximum absolute atomic E-state index is 11.9. The molecule has 1 unspecified atom stereocenters. The molecule has 1 heterocycles. The molecule has 0 saturated carbocycles. The van der Waals surface area contributed by atoms with Crippen molar-refractivity contribution >= 4 is 11.7 Å². The number of hydrazine groups is 1. The van der Waals surface area contributed by atoms with Crippen molar-refractivity contribution in [3.8, 4) is 0 Å². The average Bonchev–Trinajstić information content (AvgIpc) is 2.38. The molecule has 18 heavy (non-hydrogen) atoms. The molecule has 1 amide bonds. The maximum Gasteiger partial charge on any atom is 0.274 e. The largest absolute Gasteiger partial charge is 0.389 e. The lowest BCUT2D eigenvalue weighted by molar-refractivity contribution is 0.0377. The summed E-state index contributed by atoms with van der Waals surface area (Å²) >= 11 is 0. The molecule has 8 heteroatoms. The number of hydrogen-bond acceptors (Lipinski definition) is 7. The normalized spacial score (nSPS) is 12.0. The molecule has 0 spiro atoms. The van der Waals surface area contributed by atoms with Gasteiger partial charge < -0.3 is 20.2 Å². The number of nitrogen functional groups attached to an aromatic ring is 1. The van der Waals surface area contributed by atoms with Crippen LogP contribution in [0.3, 0.4) is 0 Å². The van der Waals surface area contributed by atoms with E-state index in [2.05, 4.69) is 15.6 Å². The van der Waals surface area contributed by atoms with Gasteiger partial charge in [0.1, 0.15) is 0 Å². The number of hydrogen-bond donors (Lipinski definition) is 3. The Morgan fingerprint density at radius 2 is 2.33 bits per heavy atom. The Kier molecular flexibility index (Phi) is 5.43. The molecule has 0 bridgehead atoms. The van der Waals surface area contributed by atoms with Gasteiger partial charge in [0.2, 0.25) is 0 Å². The second-order valence-corrected chi connectivity index (χ2v) is 3.74. The first-order valence-corrected chi connectivity index (χ1v) is 5.31. The Hall–Kier alpha value is -1.77. The van der Waals surface area contributed by atoms with Crippen molar-refractivity contribution in [1.29, 1.82) is 0 Å². The summed E-state index contributed by atoms with van der Waals surface area (Å²) in [6.07, 6.45) is -0.734. The summed E-state index contributed by atoms with van der Waals surface area (Å²) in [7, 11) is 3.05. The number of aliphatic hydroxyl groups is 1. The van der Waals surface area contributed by atoms with Crippen LogP contribution in [0.15, 0.2) is 12.1 Å². The minimum absolute atomic E-state index is 0.158. The number of ether oxygens (including phenoxy) is 1. The molecule has 1 aromatic heterocycles. The van der Waals surface area contributed by atoms with Gasteiger partial charge in [0, 0.05) is 20.7 Å². The van der Waals surface area contributed by atoms with Crippen LogP contribution in [0.1, 0.15) is 10.5 Å². The monoisotopic (exact) mass is 255 g/mol. The zero-order chi connectivity index (χ0) is 13.5. The van der Waals surface area contributed by atoms with Crippen molar-refractivity contribution in [2.24, 2.45) is 5.84 Å². The summed E-state index contributed by atoms with van der Waals surface area (Å²) in [6, 6.07) is 3.05. The van der Waals surface area contributed by atoms with E-state index in [1.165, 1.54) is 18.1 Å². The number of aliphatic hydroxyl groups excluding tert-OH is 1. The number of carbonyl (C=O) groups excluding carboxylic acids is 1. The predicted molar refractivity (Wildman–Crippen MR) is 64.7 cm³/mol. The van der Waals surface area contributed by atoms with Crippen LogP contribution in [0.25, 0.3) is 0 Å². The Labute approximate surface area is 105 Å². The lowest BCUT2D eigenvalue weighted by atomic mass is 10.3. The highest BCUT2D eigenvalue weighted by atomic mass is 16.5. The van der Waals surface area contributed by atoms with E-state index in [1.54, 1.807) is 13.1 Å². The smallest absolute Gasteiger partial charge is 0.274 e. The van der Waals surface area contributed by atoms with Crippen molar-refractivity contribution < 1.29 is 14.6 Å². The first-order chi connectivity index (χ1) is 8.58. The summed E-state index contributed by atoms with van der Waals surface area (Å²) in [5, 5.41) is 16.9. The molecule has 0 aromatic carbocycles. The van der Waals surface area contributed by atoms with E-state index in [1.807, 2.05) is 0 Å². The van der Waals surface area contributed by atoms with Crippen molar-refractivity contribution in [1.82, 2.24) is 15.1 Å². The molecule has 0 aliphatic carbocycles. The molecule has 0 radical (unpaired) electrons. The fourth-order valence-corrected chi connectivity index (χ4v) is 1.36. The predicted octanol–water partition coefficient (Wildman–Crippen LogP) is -1.16. The minimum Gasteiger partial charge on any atom is -0.389 e. The van der Waals surface area contributed by atoms with Crippen molar-refractivity contribution in [3.05, 3.63) is 17.8 Å².